The van der Waals surface area contributed by atoms with Crippen LogP contribution in [0.1, 0.15) is 13.8 Å². The maximum absolute atomic E-state index is 11.0. The van der Waals surface area contributed by atoms with Crippen molar-refractivity contribution in [3.05, 3.63) is 0 Å². The Hall–Kier alpha value is -0.650. The number of aliphatic hydroxyl groups is 1. The number of hydrogen-bond acceptors (Lipinski definition) is 4. The van der Waals surface area contributed by atoms with Crippen LogP contribution in [0.3, 0.4) is 0 Å². The summed E-state index contributed by atoms with van der Waals surface area (Å²) in [5, 5.41) is 12.2. The van der Waals surface area contributed by atoms with E-state index in [0.29, 0.717) is 6.54 Å². The summed E-state index contributed by atoms with van der Waals surface area (Å²) in [5.41, 5.74) is 0. The fourth-order valence-corrected chi connectivity index (χ4v) is 1.26. The molecular weight excluding hydrogens is 196 g/mol. The van der Waals surface area contributed by atoms with Crippen molar-refractivity contribution in [3.8, 4) is 0 Å². The molecule has 5 nitrogen and oxygen atoms in total. The van der Waals surface area contributed by atoms with Gasteiger partial charge >= 0.3 is 0 Å². The molecule has 0 aromatic carbocycles. The first-order valence-electron chi connectivity index (χ1n) is 5.30. The molecule has 1 atom stereocenters. The summed E-state index contributed by atoms with van der Waals surface area (Å²) in [7, 11) is 1.46. The molecule has 15 heavy (non-hydrogen) atoms. The van der Waals surface area contributed by atoms with Gasteiger partial charge in [0.25, 0.3) is 0 Å². The molecule has 1 amide bonds. The maximum Gasteiger partial charge on any atom is 0.246 e. The summed E-state index contributed by atoms with van der Waals surface area (Å²) < 4.78 is 4.66. The zero-order chi connectivity index (χ0) is 11.7. The SMILES string of the molecule is CCN(CC)C[C@H](O)CNC(=O)COC. The Morgan fingerprint density at radius 3 is 2.53 bits per heavy atom. The molecule has 0 aliphatic carbocycles. The van der Waals surface area contributed by atoms with E-state index in [-0.39, 0.29) is 19.1 Å². The van der Waals surface area contributed by atoms with Crippen molar-refractivity contribution >= 4 is 5.91 Å². The molecule has 0 radical (unpaired) electrons. The Bertz CT molecular complexity index is 172. The smallest absolute Gasteiger partial charge is 0.246 e. The van der Waals surface area contributed by atoms with Crippen LogP contribution < -0.4 is 5.32 Å². The Labute approximate surface area is 91.4 Å². The Morgan fingerprint density at radius 1 is 1.47 bits per heavy atom. The largest absolute Gasteiger partial charge is 0.390 e. The van der Waals surface area contributed by atoms with E-state index in [0.717, 1.165) is 13.1 Å². The average molecular weight is 218 g/mol. The minimum absolute atomic E-state index is 0.0397. The van der Waals surface area contributed by atoms with Crippen LogP contribution in [0.2, 0.25) is 0 Å². The number of nitrogens with one attached hydrogen (secondary N) is 1. The quantitative estimate of drug-likeness (QED) is 0.574. The van der Waals surface area contributed by atoms with Gasteiger partial charge in [0.15, 0.2) is 0 Å². The van der Waals surface area contributed by atoms with Crippen molar-refractivity contribution in [3.63, 3.8) is 0 Å². The Kier molecular flexibility index (Phi) is 8.27. The van der Waals surface area contributed by atoms with Gasteiger partial charge in [-0.05, 0) is 13.1 Å². The second kappa shape index (κ2) is 8.64. The zero-order valence-electron chi connectivity index (χ0n) is 9.82. The molecule has 2 N–H and O–H groups in total. The third kappa shape index (κ3) is 7.30. The van der Waals surface area contributed by atoms with Gasteiger partial charge < -0.3 is 20.1 Å². The van der Waals surface area contributed by atoms with Crippen molar-refractivity contribution in [2.24, 2.45) is 0 Å². The van der Waals surface area contributed by atoms with Gasteiger partial charge in [0.1, 0.15) is 6.61 Å². The molecule has 0 saturated carbocycles. The predicted octanol–water partition coefficient (Wildman–Crippen LogP) is -0.548. The average Bonchev–Trinajstić information content (AvgIpc) is 2.23. The summed E-state index contributed by atoms with van der Waals surface area (Å²) in [6.45, 7) is 6.79. The molecule has 0 unspecified atom stereocenters. The number of aliphatic hydroxyl groups excluding tert-OH is 1. The summed E-state index contributed by atoms with van der Waals surface area (Å²) in [4.78, 5) is 13.1. The number of carbonyl (C=O) groups is 1. The van der Waals surface area contributed by atoms with Crippen LogP contribution >= 0.6 is 0 Å². The normalized spacial score (nSPS) is 12.9. The molecule has 0 aliphatic rings. The lowest BCUT2D eigenvalue weighted by Gasteiger charge is -2.21. The van der Waals surface area contributed by atoms with Gasteiger partial charge in [0.2, 0.25) is 5.91 Å². The van der Waals surface area contributed by atoms with E-state index in [2.05, 4.69) is 15.0 Å². The third-order valence-electron chi connectivity index (χ3n) is 2.17. The van der Waals surface area contributed by atoms with Crippen LogP contribution in [0.25, 0.3) is 0 Å². The predicted molar refractivity (Wildman–Crippen MR) is 58.7 cm³/mol. The van der Waals surface area contributed by atoms with Gasteiger partial charge in [-0.1, -0.05) is 13.8 Å². The van der Waals surface area contributed by atoms with Crippen molar-refractivity contribution in [1.82, 2.24) is 10.2 Å². The highest BCUT2D eigenvalue weighted by molar-refractivity contribution is 5.77. The lowest BCUT2D eigenvalue weighted by molar-refractivity contribution is -0.125. The third-order valence-corrected chi connectivity index (χ3v) is 2.17. The minimum Gasteiger partial charge on any atom is -0.390 e. The van der Waals surface area contributed by atoms with Crippen LogP contribution in [0.15, 0.2) is 0 Å². The molecular formula is C10H22N2O3. The molecule has 0 aromatic heterocycles. The number of likely N-dealkylation sites (N-methyl/N-ethyl adjacent to an activating group) is 1. The lowest BCUT2D eigenvalue weighted by Crippen LogP contribution is -2.41. The first kappa shape index (κ1) is 14.3. The minimum atomic E-state index is -0.522. The lowest BCUT2D eigenvalue weighted by atomic mass is 10.3. The Morgan fingerprint density at radius 2 is 2.07 bits per heavy atom. The molecule has 0 aliphatic heterocycles. The zero-order valence-corrected chi connectivity index (χ0v) is 9.82. The monoisotopic (exact) mass is 218 g/mol. The second-order valence-corrected chi connectivity index (χ2v) is 3.38. The standard InChI is InChI=1S/C10H22N2O3/c1-4-12(5-2)7-9(13)6-11-10(14)8-15-3/h9,13H,4-8H2,1-3H3,(H,11,14)/t9-/m1/s1. The van der Waals surface area contributed by atoms with E-state index in [1.165, 1.54) is 7.11 Å². The number of ether oxygens (including phenoxy) is 1. The molecule has 0 saturated heterocycles. The number of carbonyl (C=O) groups excluding carboxylic acids is 1. The van der Waals surface area contributed by atoms with Gasteiger partial charge in [-0.15, -0.1) is 0 Å². The van der Waals surface area contributed by atoms with E-state index < -0.39 is 6.10 Å². The first-order valence-corrected chi connectivity index (χ1v) is 5.30. The number of amides is 1. The second-order valence-electron chi connectivity index (χ2n) is 3.38. The van der Waals surface area contributed by atoms with E-state index >= 15 is 0 Å². The Balaban J connectivity index is 3.64. The van der Waals surface area contributed by atoms with Crippen LogP contribution in [0, 0.1) is 0 Å². The molecule has 0 heterocycles. The summed E-state index contributed by atoms with van der Waals surface area (Å²) in [6.07, 6.45) is -0.522. The summed E-state index contributed by atoms with van der Waals surface area (Å²) in [6, 6.07) is 0. The van der Waals surface area contributed by atoms with Crippen LogP contribution in [0.4, 0.5) is 0 Å². The van der Waals surface area contributed by atoms with E-state index in [1.807, 2.05) is 13.8 Å². The summed E-state index contributed by atoms with van der Waals surface area (Å²) in [5.74, 6) is -0.198. The fourth-order valence-electron chi connectivity index (χ4n) is 1.26. The van der Waals surface area contributed by atoms with Gasteiger partial charge in [0, 0.05) is 20.2 Å². The van der Waals surface area contributed by atoms with Crippen molar-refractivity contribution in [2.75, 3.05) is 39.9 Å². The fraction of sp³-hybridized carbons (Fsp3) is 0.900. The number of hydrogen-bond donors (Lipinski definition) is 2. The van der Waals surface area contributed by atoms with E-state index in [1.54, 1.807) is 0 Å². The van der Waals surface area contributed by atoms with E-state index in [9.17, 15) is 9.90 Å². The highest BCUT2D eigenvalue weighted by Gasteiger charge is 2.09. The van der Waals surface area contributed by atoms with Crippen molar-refractivity contribution in [2.45, 2.75) is 20.0 Å². The topological polar surface area (TPSA) is 61.8 Å². The van der Waals surface area contributed by atoms with E-state index in [4.69, 9.17) is 0 Å². The highest BCUT2D eigenvalue weighted by atomic mass is 16.5. The molecule has 0 bridgehead atoms. The van der Waals surface area contributed by atoms with Gasteiger partial charge in [0.05, 0.1) is 6.10 Å². The molecule has 0 aromatic rings. The van der Waals surface area contributed by atoms with Crippen LogP contribution in [0.5, 0.6) is 0 Å². The molecule has 0 rings (SSSR count). The number of methoxy groups -OCH3 is 1. The van der Waals surface area contributed by atoms with Crippen LogP contribution in [-0.2, 0) is 9.53 Å². The highest BCUT2D eigenvalue weighted by Crippen LogP contribution is 1.91. The molecule has 5 heteroatoms. The molecule has 0 spiro atoms. The van der Waals surface area contributed by atoms with Crippen LogP contribution in [-0.4, -0.2) is 61.9 Å². The van der Waals surface area contributed by atoms with Gasteiger partial charge in [-0.3, -0.25) is 4.79 Å². The molecule has 90 valence electrons. The van der Waals surface area contributed by atoms with Crippen molar-refractivity contribution in [1.29, 1.82) is 0 Å². The summed E-state index contributed by atoms with van der Waals surface area (Å²) >= 11 is 0. The van der Waals surface area contributed by atoms with Crippen molar-refractivity contribution < 1.29 is 14.6 Å². The van der Waals surface area contributed by atoms with Gasteiger partial charge in [-0.25, -0.2) is 0 Å². The van der Waals surface area contributed by atoms with Gasteiger partial charge in [-0.2, -0.15) is 0 Å². The molecule has 0 fully saturated rings. The maximum atomic E-state index is 11.0. The first-order chi connectivity index (χ1) is 7.13. The number of rotatable bonds is 8. The number of nitrogens with zero attached hydrogens (tertiary/aromatic N) is 1.